The minimum atomic E-state index is -0.135. The molecule has 1 saturated heterocycles. The maximum atomic E-state index is 11.7. The second-order valence-corrected chi connectivity index (χ2v) is 4.33. The van der Waals surface area contributed by atoms with Gasteiger partial charge in [0.1, 0.15) is 0 Å². The van der Waals surface area contributed by atoms with Gasteiger partial charge in [-0.3, -0.25) is 4.79 Å². The van der Waals surface area contributed by atoms with Crippen molar-refractivity contribution in [1.29, 1.82) is 0 Å². The van der Waals surface area contributed by atoms with Crippen LogP contribution in [0.4, 0.5) is 0 Å². The number of hydrogen-bond acceptors (Lipinski definition) is 4. The third kappa shape index (κ3) is 3.80. The van der Waals surface area contributed by atoms with Gasteiger partial charge in [0.05, 0.1) is 25.7 Å². The van der Waals surface area contributed by atoms with E-state index in [1.165, 1.54) is 0 Å². The highest BCUT2D eigenvalue weighted by molar-refractivity contribution is 5.73. The van der Waals surface area contributed by atoms with Crippen LogP contribution in [0.15, 0.2) is 0 Å². The standard InChI is InChI=1S/C11H21NO3/c1-4-12-10-7-14-6-9(10)11(13)15-5-8(2)3/h8-10,12H,4-7H2,1-3H3. The highest BCUT2D eigenvalue weighted by Gasteiger charge is 2.34. The average Bonchev–Trinajstić information content (AvgIpc) is 2.63. The van der Waals surface area contributed by atoms with Gasteiger partial charge in [-0.05, 0) is 12.5 Å². The summed E-state index contributed by atoms with van der Waals surface area (Å²) in [5.41, 5.74) is 0. The fourth-order valence-electron chi connectivity index (χ4n) is 1.61. The van der Waals surface area contributed by atoms with E-state index in [1.807, 2.05) is 20.8 Å². The van der Waals surface area contributed by atoms with Crippen LogP contribution in [0.5, 0.6) is 0 Å². The number of rotatable bonds is 5. The van der Waals surface area contributed by atoms with Crippen LogP contribution in [0, 0.1) is 11.8 Å². The van der Waals surface area contributed by atoms with E-state index in [9.17, 15) is 4.79 Å². The molecule has 1 N–H and O–H groups in total. The van der Waals surface area contributed by atoms with Gasteiger partial charge in [0.25, 0.3) is 0 Å². The Hall–Kier alpha value is -0.610. The molecule has 0 aromatic rings. The van der Waals surface area contributed by atoms with Crippen LogP contribution in [0.25, 0.3) is 0 Å². The maximum absolute atomic E-state index is 11.7. The predicted molar refractivity (Wildman–Crippen MR) is 57.6 cm³/mol. The van der Waals surface area contributed by atoms with Crippen LogP contribution in [-0.2, 0) is 14.3 Å². The van der Waals surface area contributed by atoms with Crippen molar-refractivity contribution in [2.45, 2.75) is 26.8 Å². The summed E-state index contributed by atoms with van der Waals surface area (Å²) in [6.07, 6.45) is 0. The zero-order valence-electron chi connectivity index (χ0n) is 9.79. The molecule has 0 aliphatic carbocycles. The summed E-state index contributed by atoms with van der Waals surface area (Å²) in [6, 6.07) is 0.120. The molecule has 1 rings (SSSR count). The number of likely N-dealkylation sites (N-methyl/N-ethyl adjacent to an activating group) is 1. The van der Waals surface area contributed by atoms with Crippen LogP contribution >= 0.6 is 0 Å². The molecule has 0 spiro atoms. The molecule has 1 aliphatic heterocycles. The number of hydrogen-bond donors (Lipinski definition) is 1. The molecule has 0 bridgehead atoms. The van der Waals surface area contributed by atoms with Crippen molar-refractivity contribution in [1.82, 2.24) is 5.32 Å². The number of carbonyl (C=O) groups is 1. The first kappa shape index (κ1) is 12.5. The van der Waals surface area contributed by atoms with Crippen molar-refractivity contribution in [3.8, 4) is 0 Å². The molecular formula is C11H21NO3. The van der Waals surface area contributed by atoms with E-state index < -0.39 is 0 Å². The first-order valence-electron chi connectivity index (χ1n) is 5.63. The van der Waals surface area contributed by atoms with Gasteiger partial charge in [0.15, 0.2) is 0 Å². The summed E-state index contributed by atoms with van der Waals surface area (Å²) in [4.78, 5) is 11.7. The lowest BCUT2D eigenvalue weighted by Crippen LogP contribution is -2.40. The van der Waals surface area contributed by atoms with E-state index in [0.717, 1.165) is 6.54 Å². The van der Waals surface area contributed by atoms with Gasteiger partial charge in [0, 0.05) is 6.04 Å². The lowest BCUT2D eigenvalue weighted by Gasteiger charge is -2.17. The molecule has 1 heterocycles. The summed E-state index contributed by atoms with van der Waals surface area (Å²) < 4.78 is 10.5. The molecule has 88 valence electrons. The van der Waals surface area contributed by atoms with Crippen molar-refractivity contribution in [2.75, 3.05) is 26.4 Å². The summed E-state index contributed by atoms with van der Waals surface area (Å²) in [5.74, 6) is 0.115. The Morgan fingerprint density at radius 3 is 2.87 bits per heavy atom. The third-order valence-electron chi connectivity index (χ3n) is 2.41. The largest absolute Gasteiger partial charge is 0.465 e. The van der Waals surface area contributed by atoms with E-state index in [0.29, 0.717) is 25.7 Å². The Labute approximate surface area is 91.3 Å². The van der Waals surface area contributed by atoms with Crippen LogP contribution < -0.4 is 5.32 Å². The lowest BCUT2D eigenvalue weighted by atomic mass is 10.0. The maximum Gasteiger partial charge on any atom is 0.312 e. The molecule has 0 radical (unpaired) electrons. The van der Waals surface area contributed by atoms with Gasteiger partial charge < -0.3 is 14.8 Å². The van der Waals surface area contributed by atoms with E-state index in [1.54, 1.807) is 0 Å². The predicted octanol–water partition coefficient (Wildman–Crippen LogP) is 0.810. The Kier molecular flexibility index (Phi) is 5.05. The molecule has 1 aliphatic rings. The van der Waals surface area contributed by atoms with Crippen LogP contribution in [0.3, 0.4) is 0 Å². The molecule has 0 saturated carbocycles. The average molecular weight is 215 g/mol. The number of ether oxygens (including phenoxy) is 2. The molecule has 1 fully saturated rings. The lowest BCUT2D eigenvalue weighted by molar-refractivity contribution is -0.150. The first-order valence-corrected chi connectivity index (χ1v) is 5.63. The van der Waals surface area contributed by atoms with Gasteiger partial charge in [-0.2, -0.15) is 0 Å². The van der Waals surface area contributed by atoms with Crippen molar-refractivity contribution in [2.24, 2.45) is 11.8 Å². The van der Waals surface area contributed by atoms with Gasteiger partial charge >= 0.3 is 5.97 Å². The normalized spacial score (nSPS) is 25.9. The summed E-state index contributed by atoms with van der Waals surface area (Å²) in [5, 5.41) is 3.24. The highest BCUT2D eigenvalue weighted by atomic mass is 16.5. The van der Waals surface area contributed by atoms with Crippen molar-refractivity contribution >= 4 is 5.97 Å². The van der Waals surface area contributed by atoms with Crippen LogP contribution in [0.1, 0.15) is 20.8 Å². The Balaban J connectivity index is 2.36. The number of carbonyl (C=O) groups excluding carboxylic acids is 1. The SMILES string of the molecule is CCNC1COCC1C(=O)OCC(C)C. The minimum absolute atomic E-state index is 0.120. The fourth-order valence-corrected chi connectivity index (χ4v) is 1.61. The second-order valence-electron chi connectivity index (χ2n) is 4.33. The van der Waals surface area contributed by atoms with Crippen molar-refractivity contribution in [3.63, 3.8) is 0 Å². The Morgan fingerprint density at radius 1 is 1.53 bits per heavy atom. The number of nitrogens with one attached hydrogen (secondary N) is 1. The monoisotopic (exact) mass is 215 g/mol. The van der Waals surface area contributed by atoms with E-state index in [4.69, 9.17) is 9.47 Å². The molecule has 4 nitrogen and oxygen atoms in total. The molecule has 0 aromatic heterocycles. The molecule has 0 amide bonds. The van der Waals surface area contributed by atoms with E-state index in [-0.39, 0.29) is 17.9 Å². The topological polar surface area (TPSA) is 47.6 Å². The third-order valence-corrected chi connectivity index (χ3v) is 2.41. The summed E-state index contributed by atoms with van der Waals surface area (Å²) in [7, 11) is 0. The fraction of sp³-hybridized carbons (Fsp3) is 0.909. The minimum Gasteiger partial charge on any atom is -0.465 e. The quantitative estimate of drug-likeness (QED) is 0.689. The Morgan fingerprint density at radius 2 is 2.27 bits per heavy atom. The summed E-state index contributed by atoms with van der Waals surface area (Å²) >= 11 is 0. The van der Waals surface area contributed by atoms with Crippen LogP contribution in [0.2, 0.25) is 0 Å². The zero-order chi connectivity index (χ0) is 11.3. The first-order chi connectivity index (χ1) is 7.15. The van der Waals surface area contributed by atoms with Gasteiger partial charge in [-0.25, -0.2) is 0 Å². The zero-order valence-corrected chi connectivity index (χ0v) is 9.79. The van der Waals surface area contributed by atoms with Crippen LogP contribution in [-0.4, -0.2) is 38.4 Å². The Bertz CT molecular complexity index is 206. The van der Waals surface area contributed by atoms with Crippen molar-refractivity contribution < 1.29 is 14.3 Å². The molecule has 2 atom stereocenters. The number of esters is 1. The molecule has 2 unspecified atom stereocenters. The van der Waals surface area contributed by atoms with Gasteiger partial charge in [0.2, 0.25) is 0 Å². The molecule has 4 heteroatoms. The smallest absolute Gasteiger partial charge is 0.312 e. The molecule has 15 heavy (non-hydrogen) atoms. The highest BCUT2D eigenvalue weighted by Crippen LogP contribution is 2.15. The molecule has 0 aromatic carbocycles. The summed E-state index contributed by atoms with van der Waals surface area (Å²) in [6.45, 7) is 8.51. The van der Waals surface area contributed by atoms with E-state index in [2.05, 4.69) is 5.32 Å². The second kappa shape index (κ2) is 6.08. The van der Waals surface area contributed by atoms with Crippen molar-refractivity contribution in [3.05, 3.63) is 0 Å². The van der Waals surface area contributed by atoms with Gasteiger partial charge in [-0.15, -0.1) is 0 Å². The van der Waals surface area contributed by atoms with Gasteiger partial charge in [-0.1, -0.05) is 20.8 Å². The molecular weight excluding hydrogens is 194 g/mol. The van der Waals surface area contributed by atoms with E-state index >= 15 is 0 Å².